The van der Waals surface area contributed by atoms with Crippen molar-refractivity contribution in [3.63, 3.8) is 0 Å². The number of carbonyl (C=O) groups is 1. The molecule has 0 radical (unpaired) electrons. The molecule has 0 bridgehead atoms. The molecular weight excluding hydrogens is 330 g/mol. The topological polar surface area (TPSA) is 45.2 Å². The molecule has 1 amide bonds. The lowest BCUT2D eigenvalue weighted by atomic mass is 9.90. The van der Waals surface area contributed by atoms with Gasteiger partial charge in [0.1, 0.15) is 5.82 Å². The van der Waals surface area contributed by atoms with Gasteiger partial charge in [-0.15, -0.1) is 11.3 Å². The minimum atomic E-state index is 0.0377. The number of carbonyl (C=O) groups excluding carboxylic acids is 1. The maximum Gasteiger partial charge on any atom is 0.261 e. The van der Waals surface area contributed by atoms with Gasteiger partial charge >= 0.3 is 0 Å². The van der Waals surface area contributed by atoms with Crippen LogP contribution in [0.25, 0.3) is 0 Å². The summed E-state index contributed by atoms with van der Waals surface area (Å²) >= 11 is 1.67. The summed E-state index contributed by atoms with van der Waals surface area (Å²) in [4.78, 5) is 21.6. The third kappa shape index (κ3) is 3.71. The van der Waals surface area contributed by atoms with E-state index in [1.54, 1.807) is 11.3 Å². The average molecular weight is 356 g/mol. The van der Waals surface area contributed by atoms with Gasteiger partial charge in [-0.3, -0.25) is 4.79 Å². The Hall–Kier alpha value is -1.88. The number of fused-ring (bicyclic) bond motifs is 1. The number of hydrogen-bond acceptors (Lipinski definition) is 4. The number of amides is 1. The summed E-state index contributed by atoms with van der Waals surface area (Å²) in [5, 5.41) is 3.04. The highest BCUT2D eigenvalue weighted by Crippen LogP contribution is 2.32. The Morgan fingerprint density at radius 1 is 1.36 bits per heavy atom. The molecule has 4 rings (SSSR count). The summed E-state index contributed by atoms with van der Waals surface area (Å²) in [7, 11) is 0. The minimum absolute atomic E-state index is 0.0377. The summed E-state index contributed by atoms with van der Waals surface area (Å²) < 4.78 is 0. The molecule has 1 aliphatic carbocycles. The van der Waals surface area contributed by atoms with Gasteiger partial charge in [-0.05, 0) is 61.3 Å². The zero-order valence-electron chi connectivity index (χ0n) is 14.8. The van der Waals surface area contributed by atoms with Crippen LogP contribution >= 0.6 is 11.3 Å². The summed E-state index contributed by atoms with van der Waals surface area (Å²) in [6.07, 6.45) is 7.86. The number of pyridine rings is 1. The van der Waals surface area contributed by atoms with Gasteiger partial charge in [0.05, 0.1) is 4.88 Å². The van der Waals surface area contributed by atoms with Gasteiger partial charge in [-0.1, -0.05) is 13.0 Å². The van der Waals surface area contributed by atoms with E-state index in [4.69, 9.17) is 0 Å². The molecule has 25 heavy (non-hydrogen) atoms. The molecule has 1 fully saturated rings. The van der Waals surface area contributed by atoms with Crippen LogP contribution in [0.4, 0.5) is 5.82 Å². The standard InChI is InChI=1S/C20H25N3OS/c1-14-4-6-17-16(10-14)11-18(25-17)20(24)22-13-15-5-7-19(21-12-15)23-8-2-3-9-23/h5,7,11-12,14H,2-4,6,8-10,13H2,1H3,(H,22,24). The van der Waals surface area contributed by atoms with Crippen LogP contribution in [0.2, 0.25) is 0 Å². The summed E-state index contributed by atoms with van der Waals surface area (Å²) in [6.45, 7) is 5.03. The van der Waals surface area contributed by atoms with Crippen molar-refractivity contribution in [2.75, 3.05) is 18.0 Å². The first-order chi connectivity index (χ1) is 12.2. The van der Waals surface area contributed by atoms with Gasteiger partial charge in [-0.25, -0.2) is 4.98 Å². The van der Waals surface area contributed by atoms with Crippen LogP contribution < -0.4 is 10.2 Å². The van der Waals surface area contributed by atoms with Crippen molar-refractivity contribution in [2.45, 2.75) is 45.6 Å². The van der Waals surface area contributed by atoms with Crippen LogP contribution in [0.3, 0.4) is 0 Å². The van der Waals surface area contributed by atoms with Crippen molar-refractivity contribution in [2.24, 2.45) is 5.92 Å². The van der Waals surface area contributed by atoms with Gasteiger partial charge in [0, 0.05) is 30.7 Å². The van der Waals surface area contributed by atoms with E-state index in [1.165, 1.54) is 29.7 Å². The second-order valence-electron chi connectivity index (χ2n) is 7.31. The third-order valence-corrected chi connectivity index (χ3v) is 6.48. The second-order valence-corrected chi connectivity index (χ2v) is 8.45. The van der Waals surface area contributed by atoms with E-state index in [0.29, 0.717) is 6.54 Å². The number of anilines is 1. The van der Waals surface area contributed by atoms with E-state index in [0.717, 1.165) is 48.1 Å². The molecule has 0 spiro atoms. The number of nitrogens with zero attached hydrogens (tertiary/aromatic N) is 2. The SMILES string of the molecule is CC1CCc2sc(C(=O)NCc3ccc(N4CCCC4)nc3)cc2C1. The van der Waals surface area contributed by atoms with Gasteiger partial charge in [-0.2, -0.15) is 0 Å². The van der Waals surface area contributed by atoms with E-state index in [9.17, 15) is 4.79 Å². The van der Waals surface area contributed by atoms with Gasteiger partial charge in [0.25, 0.3) is 5.91 Å². The molecule has 3 heterocycles. The number of aromatic nitrogens is 1. The van der Waals surface area contributed by atoms with Crippen LogP contribution in [0.15, 0.2) is 24.4 Å². The fourth-order valence-electron chi connectivity index (χ4n) is 3.74. The Morgan fingerprint density at radius 3 is 2.96 bits per heavy atom. The van der Waals surface area contributed by atoms with Crippen molar-refractivity contribution in [1.82, 2.24) is 10.3 Å². The van der Waals surface area contributed by atoms with Crippen molar-refractivity contribution in [3.8, 4) is 0 Å². The maximum absolute atomic E-state index is 12.5. The predicted octanol–water partition coefficient (Wildman–Crippen LogP) is 3.80. The highest BCUT2D eigenvalue weighted by Gasteiger charge is 2.20. The van der Waals surface area contributed by atoms with Crippen molar-refractivity contribution in [1.29, 1.82) is 0 Å². The monoisotopic (exact) mass is 355 g/mol. The zero-order chi connectivity index (χ0) is 17.2. The van der Waals surface area contributed by atoms with Crippen molar-refractivity contribution < 1.29 is 4.79 Å². The Labute approximate surface area is 153 Å². The fraction of sp³-hybridized carbons (Fsp3) is 0.500. The molecule has 2 aromatic rings. The fourth-order valence-corrected chi connectivity index (χ4v) is 4.87. The van der Waals surface area contributed by atoms with Gasteiger partial charge in [0.2, 0.25) is 0 Å². The molecule has 4 nitrogen and oxygen atoms in total. The van der Waals surface area contributed by atoms with Crippen molar-refractivity contribution in [3.05, 3.63) is 45.3 Å². The van der Waals surface area contributed by atoms with E-state index in [-0.39, 0.29) is 5.91 Å². The lowest BCUT2D eigenvalue weighted by molar-refractivity contribution is 0.0955. The normalized spacial score (nSPS) is 19.7. The summed E-state index contributed by atoms with van der Waals surface area (Å²) in [5.74, 6) is 1.82. The minimum Gasteiger partial charge on any atom is -0.357 e. The Bertz CT molecular complexity index is 747. The molecule has 1 aliphatic heterocycles. The first-order valence-corrected chi connectivity index (χ1v) is 10.1. The Morgan fingerprint density at radius 2 is 2.20 bits per heavy atom. The molecule has 1 unspecified atom stereocenters. The first-order valence-electron chi connectivity index (χ1n) is 9.29. The van der Waals surface area contributed by atoms with Crippen LogP contribution in [-0.2, 0) is 19.4 Å². The molecule has 5 heteroatoms. The molecule has 0 saturated carbocycles. The predicted molar refractivity (Wildman–Crippen MR) is 102 cm³/mol. The Kier molecular flexibility index (Phi) is 4.75. The smallest absolute Gasteiger partial charge is 0.261 e. The quantitative estimate of drug-likeness (QED) is 0.907. The largest absolute Gasteiger partial charge is 0.357 e. The number of rotatable bonds is 4. The van der Waals surface area contributed by atoms with Crippen LogP contribution in [0.5, 0.6) is 0 Å². The number of nitrogens with one attached hydrogen (secondary N) is 1. The van der Waals surface area contributed by atoms with E-state index < -0.39 is 0 Å². The highest BCUT2D eigenvalue weighted by atomic mass is 32.1. The zero-order valence-corrected chi connectivity index (χ0v) is 15.6. The molecule has 1 saturated heterocycles. The van der Waals surface area contributed by atoms with Gasteiger partial charge < -0.3 is 10.2 Å². The Balaban J connectivity index is 1.35. The molecule has 1 atom stereocenters. The molecule has 2 aromatic heterocycles. The molecule has 0 aromatic carbocycles. The molecule has 1 N–H and O–H groups in total. The highest BCUT2D eigenvalue weighted by molar-refractivity contribution is 7.14. The van der Waals surface area contributed by atoms with Gasteiger partial charge in [0.15, 0.2) is 0 Å². The van der Waals surface area contributed by atoms with E-state index in [1.807, 2.05) is 6.20 Å². The lowest BCUT2D eigenvalue weighted by Gasteiger charge is -2.16. The average Bonchev–Trinajstić information content (AvgIpc) is 3.29. The number of thiophene rings is 1. The molecule has 132 valence electrons. The lowest BCUT2D eigenvalue weighted by Crippen LogP contribution is -2.22. The van der Waals surface area contributed by atoms with Crippen LogP contribution in [-0.4, -0.2) is 24.0 Å². The van der Waals surface area contributed by atoms with Crippen LogP contribution in [0, 0.1) is 5.92 Å². The number of hydrogen-bond donors (Lipinski definition) is 1. The van der Waals surface area contributed by atoms with Crippen LogP contribution in [0.1, 0.15) is 51.9 Å². The maximum atomic E-state index is 12.5. The second kappa shape index (κ2) is 7.16. The van der Waals surface area contributed by atoms with E-state index in [2.05, 4.69) is 40.3 Å². The van der Waals surface area contributed by atoms with Crippen molar-refractivity contribution >= 4 is 23.1 Å². The summed E-state index contributed by atoms with van der Waals surface area (Å²) in [6, 6.07) is 6.24. The molecular formula is C20H25N3OS. The third-order valence-electron chi connectivity index (χ3n) is 5.25. The van der Waals surface area contributed by atoms with E-state index >= 15 is 0 Å². The summed E-state index contributed by atoms with van der Waals surface area (Å²) in [5.41, 5.74) is 2.43. The first kappa shape index (κ1) is 16.6. The number of aryl methyl sites for hydroxylation is 1. The molecule has 2 aliphatic rings.